The zero-order valence-electron chi connectivity index (χ0n) is 15.4. The highest BCUT2D eigenvalue weighted by atomic mass is 32.1. The van der Waals surface area contributed by atoms with E-state index in [9.17, 15) is 9.59 Å². The van der Waals surface area contributed by atoms with Crippen LogP contribution in [0.15, 0.2) is 16.5 Å². The Balaban J connectivity index is 1.34. The Bertz CT molecular complexity index is 864. The summed E-state index contributed by atoms with van der Waals surface area (Å²) in [6.07, 6.45) is 3.42. The van der Waals surface area contributed by atoms with Crippen molar-refractivity contribution < 1.29 is 14.0 Å². The Kier molecular flexibility index (Phi) is 4.26. The Morgan fingerprint density at radius 3 is 2.88 bits per heavy atom. The molecule has 6 heteroatoms. The highest BCUT2D eigenvalue weighted by Crippen LogP contribution is 2.47. The van der Waals surface area contributed by atoms with E-state index in [1.165, 1.54) is 17.8 Å². The maximum absolute atomic E-state index is 12.2. The molecule has 2 heterocycles. The Morgan fingerprint density at radius 1 is 1.38 bits per heavy atom. The van der Waals surface area contributed by atoms with Gasteiger partial charge in [0.15, 0.2) is 10.9 Å². The third kappa shape index (κ3) is 3.61. The molecule has 1 saturated carbocycles. The molecule has 2 aliphatic rings. The molecule has 4 rings (SSSR count). The largest absolute Gasteiger partial charge is 0.466 e. The van der Waals surface area contributed by atoms with E-state index in [0.29, 0.717) is 41.1 Å². The van der Waals surface area contributed by atoms with E-state index in [4.69, 9.17) is 4.42 Å². The molecule has 0 saturated heterocycles. The van der Waals surface area contributed by atoms with Crippen molar-refractivity contribution >= 4 is 28.2 Å². The monoisotopic (exact) mass is 372 g/mol. The van der Waals surface area contributed by atoms with E-state index in [2.05, 4.69) is 31.1 Å². The molecule has 2 aromatic rings. The smallest absolute Gasteiger partial charge is 0.226 e. The first-order valence-corrected chi connectivity index (χ1v) is 10.0. The molecule has 2 atom stereocenters. The number of Topliss-reactive ketones (excluding diaryl/α,β-unsaturated/α-hetero) is 1. The van der Waals surface area contributed by atoms with Crippen LogP contribution in [-0.4, -0.2) is 16.7 Å². The van der Waals surface area contributed by atoms with Gasteiger partial charge in [-0.25, -0.2) is 4.98 Å². The van der Waals surface area contributed by atoms with Gasteiger partial charge >= 0.3 is 0 Å². The Morgan fingerprint density at radius 2 is 2.15 bits per heavy atom. The predicted octanol–water partition coefficient (Wildman–Crippen LogP) is 4.59. The number of nitrogens with one attached hydrogen (secondary N) is 1. The van der Waals surface area contributed by atoms with Gasteiger partial charge in [0, 0.05) is 25.2 Å². The van der Waals surface area contributed by atoms with Crippen molar-refractivity contribution in [2.24, 2.45) is 11.3 Å². The second-order valence-electron chi connectivity index (χ2n) is 8.41. The normalized spacial score (nSPS) is 23.6. The molecule has 1 amide bonds. The lowest BCUT2D eigenvalue weighted by Gasteiger charge is -2.26. The number of ketones is 1. The number of hydrogen-bond acceptors (Lipinski definition) is 5. The van der Waals surface area contributed by atoms with Crippen LogP contribution in [0.2, 0.25) is 0 Å². The summed E-state index contributed by atoms with van der Waals surface area (Å²) in [7, 11) is 0. The lowest BCUT2D eigenvalue weighted by molar-refractivity contribution is -0.116. The molecule has 0 aliphatic heterocycles. The molecule has 0 spiro atoms. The number of furan rings is 1. The maximum atomic E-state index is 12.2. The van der Waals surface area contributed by atoms with Gasteiger partial charge in [0.1, 0.15) is 11.5 Å². The molecule has 138 valence electrons. The van der Waals surface area contributed by atoms with Crippen molar-refractivity contribution in [2.45, 2.75) is 58.8 Å². The Labute approximate surface area is 157 Å². The van der Waals surface area contributed by atoms with Gasteiger partial charge in [0.25, 0.3) is 0 Å². The standard InChI is InChI=1S/C20H24N2O3S/c1-11-8-13(11)16-6-4-12(25-16)5-7-17(24)22-19-21-14-9-20(2,3)10-15(23)18(14)26-19/h4,6,11,13H,5,7-10H2,1-3H3,(H,21,22,24)/t11-,13-/m1/s1. The molecule has 0 bridgehead atoms. The van der Waals surface area contributed by atoms with Crippen molar-refractivity contribution in [2.75, 3.05) is 5.32 Å². The second kappa shape index (κ2) is 6.34. The van der Waals surface area contributed by atoms with Crippen molar-refractivity contribution in [1.29, 1.82) is 0 Å². The van der Waals surface area contributed by atoms with Crippen LogP contribution in [0.5, 0.6) is 0 Å². The van der Waals surface area contributed by atoms with Crippen LogP contribution in [0.4, 0.5) is 5.13 Å². The molecule has 1 fully saturated rings. The van der Waals surface area contributed by atoms with Crippen molar-refractivity contribution in [3.63, 3.8) is 0 Å². The van der Waals surface area contributed by atoms with Gasteiger partial charge < -0.3 is 9.73 Å². The summed E-state index contributed by atoms with van der Waals surface area (Å²) in [6.45, 7) is 6.37. The zero-order chi connectivity index (χ0) is 18.5. The Hall–Kier alpha value is -1.95. The van der Waals surface area contributed by atoms with Gasteiger partial charge in [0.2, 0.25) is 5.91 Å². The highest BCUT2D eigenvalue weighted by molar-refractivity contribution is 7.17. The summed E-state index contributed by atoms with van der Waals surface area (Å²) in [4.78, 5) is 29.7. The van der Waals surface area contributed by atoms with E-state index in [0.717, 1.165) is 23.6 Å². The van der Waals surface area contributed by atoms with Gasteiger partial charge in [0.05, 0.1) is 10.6 Å². The van der Waals surface area contributed by atoms with Gasteiger partial charge in [-0.15, -0.1) is 0 Å². The highest BCUT2D eigenvalue weighted by Gasteiger charge is 2.36. The average Bonchev–Trinajstić information content (AvgIpc) is 2.96. The lowest BCUT2D eigenvalue weighted by Crippen LogP contribution is -2.26. The van der Waals surface area contributed by atoms with Crippen molar-refractivity contribution in [3.8, 4) is 0 Å². The van der Waals surface area contributed by atoms with Crippen LogP contribution in [0.25, 0.3) is 0 Å². The molecular formula is C20H24N2O3S. The van der Waals surface area contributed by atoms with Crippen LogP contribution < -0.4 is 5.32 Å². The quantitative estimate of drug-likeness (QED) is 0.833. The summed E-state index contributed by atoms with van der Waals surface area (Å²) in [5.41, 5.74) is 0.760. The first kappa shape index (κ1) is 17.5. The van der Waals surface area contributed by atoms with E-state index >= 15 is 0 Å². The number of fused-ring (bicyclic) bond motifs is 1. The van der Waals surface area contributed by atoms with Crippen LogP contribution in [0, 0.1) is 11.3 Å². The van der Waals surface area contributed by atoms with E-state index in [1.54, 1.807) is 0 Å². The number of hydrogen-bond donors (Lipinski definition) is 1. The average molecular weight is 372 g/mol. The minimum absolute atomic E-state index is 0.0600. The minimum Gasteiger partial charge on any atom is -0.466 e. The number of nitrogens with zero attached hydrogens (tertiary/aromatic N) is 1. The molecular weight excluding hydrogens is 348 g/mol. The summed E-state index contributed by atoms with van der Waals surface area (Å²) in [6, 6.07) is 4.00. The minimum atomic E-state index is -0.0967. The molecule has 5 nitrogen and oxygen atoms in total. The number of amides is 1. The fraction of sp³-hybridized carbons (Fsp3) is 0.550. The van der Waals surface area contributed by atoms with E-state index < -0.39 is 0 Å². The van der Waals surface area contributed by atoms with Crippen LogP contribution in [0.3, 0.4) is 0 Å². The summed E-state index contributed by atoms with van der Waals surface area (Å²) < 4.78 is 5.84. The van der Waals surface area contributed by atoms with Gasteiger partial charge in [-0.1, -0.05) is 32.1 Å². The summed E-state index contributed by atoms with van der Waals surface area (Å²) >= 11 is 1.29. The van der Waals surface area contributed by atoms with E-state index in [1.807, 2.05) is 12.1 Å². The molecule has 0 radical (unpaired) electrons. The number of aryl methyl sites for hydroxylation is 1. The number of carbonyl (C=O) groups excluding carboxylic acids is 2. The van der Waals surface area contributed by atoms with Gasteiger partial charge in [-0.3, -0.25) is 9.59 Å². The molecule has 1 N–H and O–H groups in total. The number of rotatable bonds is 5. The SMILES string of the molecule is C[C@@H]1C[C@H]1c1ccc(CCC(=O)Nc2nc3c(s2)C(=O)CC(C)(C)C3)o1. The van der Waals surface area contributed by atoms with Crippen LogP contribution >= 0.6 is 11.3 Å². The topological polar surface area (TPSA) is 72.2 Å². The molecule has 0 aromatic carbocycles. The molecule has 2 aromatic heterocycles. The lowest BCUT2D eigenvalue weighted by atomic mass is 9.78. The number of anilines is 1. The number of carbonyl (C=O) groups is 2. The number of thiazole rings is 1. The summed E-state index contributed by atoms with van der Waals surface area (Å²) in [5, 5.41) is 3.37. The predicted molar refractivity (Wildman–Crippen MR) is 101 cm³/mol. The summed E-state index contributed by atoms with van der Waals surface area (Å²) in [5.74, 6) is 3.19. The van der Waals surface area contributed by atoms with Crippen molar-refractivity contribution in [1.82, 2.24) is 4.98 Å². The first-order chi connectivity index (χ1) is 12.3. The molecule has 2 aliphatic carbocycles. The first-order valence-electron chi connectivity index (χ1n) is 9.22. The van der Waals surface area contributed by atoms with E-state index in [-0.39, 0.29) is 17.1 Å². The molecule has 0 unspecified atom stereocenters. The van der Waals surface area contributed by atoms with Crippen LogP contribution in [0.1, 0.15) is 72.8 Å². The van der Waals surface area contributed by atoms with Crippen molar-refractivity contribution in [3.05, 3.63) is 34.2 Å². The number of aromatic nitrogens is 1. The molecule has 26 heavy (non-hydrogen) atoms. The third-order valence-electron chi connectivity index (χ3n) is 5.24. The van der Waals surface area contributed by atoms with Gasteiger partial charge in [-0.2, -0.15) is 0 Å². The maximum Gasteiger partial charge on any atom is 0.226 e. The fourth-order valence-electron chi connectivity index (χ4n) is 3.64. The van der Waals surface area contributed by atoms with Crippen LogP contribution in [-0.2, 0) is 17.6 Å². The zero-order valence-corrected chi connectivity index (χ0v) is 16.2. The fourth-order valence-corrected chi connectivity index (χ4v) is 4.57. The second-order valence-corrected chi connectivity index (χ2v) is 9.41. The van der Waals surface area contributed by atoms with Gasteiger partial charge in [-0.05, 0) is 36.3 Å². The third-order valence-corrected chi connectivity index (χ3v) is 6.29.